The van der Waals surface area contributed by atoms with Crippen molar-refractivity contribution in [1.82, 2.24) is 4.90 Å². The van der Waals surface area contributed by atoms with Gasteiger partial charge in [0.25, 0.3) is 0 Å². The largest absolute Gasteiger partial charge is 0.393 e. The summed E-state index contributed by atoms with van der Waals surface area (Å²) >= 11 is 0. The molecular weight excluding hydrogens is 372 g/mol. The van der Waals surface area contributed by atoms with Gasteiger partial charge < -0.3 is 5.11 Å². The molecule has 0 spiro atoms. The second-order valence-corrected chi connectivity index (χ2v) is 7.05. The molecule has 2 aliphatic heterocycles. The van der Waals surface area contributed by atoms with Crippen molar-refractivity contribution in [2.24, 2.45) is 5.92 Å². The lowest BCUT2D eigenvalue weighted by molar-refractivity contribution is -0.0120. The van der Waals surface area contributed by atoms with Crippen LogP contribution in [-0.2, 0) is 6.42 Å². The second kappa shape index (κ2) is 10.3. The minimum absolute atomic E-state index is 0. The maximum Gasteiger partial charge on any atom is 0.110 e. The van der Waals surface area contributed by atoms with E-state index >= 15 is 0 Å². The van der Waals surface area contributed by atoms with Crippen LogP contribution in [0.25, 0.3) is 0 Å². The van der Waals surface area contributed by atoms with Crippen molar-refractivity contribution >= 4 is 40.5 Å². The van der Waals surface area contributed by atoms with Crippen molar-refractivity contribution in [3.8, 4) is 0 Å². The predicted molar refractivity (Wildman–Crippen MR) is 119 cm³/mol. The van der Waals surface area contributed by atoms with Gasteiger partial charge in [-0.05, 0) is 60.9 Å². The highest BCUT2D eigenvalue weighted by Crippen LogP contribution is 2.40. The Balaban J connectivity index is 0.00000192. The first kappa shape index (κ1) is 24.9. The van der Waals surface area contributed by atoms with Crippen LogP contribution in [0.15, 0.2) is 24.3 Å². The number of benzene rings is 1. The molecule has 2 nitrogen and oxygen atoms in total. The van der Waals surface area contributed by atoms with Gasteiger partial charge in [0, 0.05) is 25.0 Å². The molecule has 2 heterocycles. The van der Waals surface area contributed by atoms with E-state index in [-0.39, 0.29) is 52.5 Å². The molecule has 2 aliphatic rings. The summed E-state index contributed by atoms with van der Waals surface area (Å²) in [7, 11) is 0. The van der Waals surface area contributed by atoms with Gasteiger partial charge in [-0.2, -0.15) is 40.5 Å². The normalized spacial score (nSPS) is 24.7. The molecule has 3 atom stereocenters. The molecule has 0 saturated carbocycles. The second-order valence-electron chi connectivity index (χ2n) is 7.05. The van der Waals surface area contributed by atoms with Crippen molar-refractivity contribution in [3.63, 3.8) is 0 Å². The van der Waals surface area contributed by atoms with Gasteiger partial charge in [0.15, 0.2) is 0 Å². The number of hydrogen-bond acceptors (Lipinski definition) is 2. The number of halogens is 1. The first-order valence-electron chi connectivity index (χ1n) is 8.24. The van der Waals surface area contributed by atoms with Crippen LogP contribution in [0.2, 0.25) is 0 Å². The van der Waals surface area contributed by atoms with Gasteiger partial charge in [-0.25, -0.2) is 4.39 Å². The third kappa shape index (κ3) is 5.19. The Morgan fingerprint density at radius 3 is 2.52 bits per heavy atom. The summed E-state index contributed by atoms with van der Waals surface area (Å²) in [6, 6.07) is 4.92. The van der Waals surface area contributed by atoms with Crippen LogP contribution in [0.5, 0.6) is 0 Å². The molecule has 1 aromatic carbocycles. The van der Waals surface area contributed by atoms with Gasteiger partial charge in [-0.1, -0.05) is 18.7 Å². The average Bonchev–Trinajstić information content (AvgIpc) is 2.49. The first-order chi connectivity index (χ1) is 10.5. The number of piperidine rings is 1. The molecule has 0 unspecified atom stereocenters. The van der Waals surface area contributed by atoms with Crippen molar-refractivity contribution in [2.75, 3.05) is 19.8 Å². The lowest BCUT2D eigenvalue weighted by Crippen LogP contribution is -2.48. The van der Waals surface area contributed by atoms with Crippen molar-refractivity contribution in [1.29, 1.82) is 0 Å². The third-order valence-corrected chi connectivity index (χ3v) is 5.44. The number of rotatable bonds is 3. The Bertz CT molecular complexity index is 596. The van der Waals surface area contributed by atoms with Gasteiger partial charge in [0.1, 0.15) is 6.67 Å². The molecule has 6 heteroatoms. The minimum Gasteiger partial charge on any atom is -0.393 e. The fourth-order valence-corrected chi connectivity index (χ4v) is 4.01. The Hall–Kier alpha value is -0.140. The number of nitrogens with zero attached hydrogens (tertiary/aromatic N) is 1. The fourth-order valence-electron chi connectivity index (χ4n) is 4.01. The highest BCUT2D eigenvalue weighted by molar-refractivity contribution is 7.59. The zero-order valence-electron chi connectivity index (χ0n) is 15.1. The first-order valence-corrected chi connectivity index (χ1v) is 8.24. The monoisotopic (exact) mass is 404 g/mol. The zero-order valence-corrected chi connectivity index (χ0v) is 18.1. The molecule has 0 amide bonds. The molecule has 3 rings (SSSR count). The molecule has 0 aliphatic carbocycles. The molecule has 1 fully saturated rings. The summed E-state index contributed by atoms with van der Waals surface area (Å²) in [6.07, 6.45) is 2.05. The quantitative estimate of drug-likeness (QED) is 0.774. The van der Waals surface area contributed by atoms with E-state index in [1.807, 2.05) is 0 Å². The van der Waals surface area contributed by atoms with Crippen LogP contribution in [0.1, 0.15) is 41.1 Å². The maximum absolute atomic E-state index is 12.7. The minimum atomic E-state index is -0.478. The fraction of sp³-hybridized carbons (Fsp3) is 0.579. The number of alkyl halides is 1. The highest BCUT2D eigenvalue weighted by atomic mass is 32.1. The summed E-state index contributed by atoms with van der Waals surface area (Å²) in [5.74, 6) is 0.118. The lowest BCUT2D eigenvalue weighted by Gasteiger charge is -2.46. The Morgan fingerprint density at radius 2 is 1.88 bits per heavy atom. The maximum atomic E-state index is 12.7. The number of fused-ring (bicyclic) bond motifs is 3. The molecule has 144 valence electrons. The number of allylic oxidation sites excluding steroid dienone is 1. The molecule has 1 N–H and O–H groups in total. The Kier molecular flexibility index (Phi) is 10.2. The van der Waals surface area contributed by atoms with E-state index in [1.54, 1.807) is 0 Å². The molecule has 0 aromatic heterocycles. The summed E-state index contributed by atoms with van der Waals surface area (Å²) in [5, 5.41) is 10.5. The highest BCUT2D eigenvalue weighted by Gasteiger charge is 2.38. The number of hydrogen-bond donors (Lipinski definition) is 1. The van der Waals surface area contributed by atoms with E-state index < -0.39 is 6.67 Å². The van der Waals surface area contributed by atoms with Crippen LogP contribution in [0.4, 0.5) is 4.39 Å². The Morgan fingerprint density at radius 1 is 1.24 bits per heavy atom. The smallest absolute Gasteiger partial charge is 0.110 e. The molecule has 1 saturated heterocycles. The topological polar surface area (TPSA) is 23.5 Å². The van der Waals surface area contributed by atoms with E-state index in [2.05, 4.69) is 37.5 Å². The zero-order chi connectivity index (χ0) is 15.9. The van der Waals surface area contributed by atoms with Gasteiger partial charge in [-0.15, -0.1) is 0 Å². The van der Waals surface area contributed by atoms with Crippen molar-refractivity contribution in [2.45, 2.75) is 45.3 Å². The third-order valence-electron chi connectivity index (χ3n) is 5.44. The Labute approximate surface area is 172 Å². The summed E-state index contributed by atoms with van der Waals surface area (Å²) in [6.45, 7) is 9.48. The number of aliphatic hydroxyl groups excluding tert-OH is 1. The lowest BCUT2D eigenvalue weighted by atomic mass is 9.79. The van der Waals surface area contributed by atoms with Gasteiger partial charge in [-0.3, -0.25) is 4.90 Å². The van der Waals surface area contributed by atoms with Crippen LogP contribution in [0, 0.1) is 19.8 Å². The molecule has 0 bridgehead atoms. The van der Waals surface area contributed by atoms with E-state index in [9.17, 15) is 9.50 Å². The van der Waals surface area contributed by atoms with Crippen LogP contribution < -0.4 is 0 Å². The molecule has 1 aromatic rings. The van der Waals surface area contributed by atoms with E-state index in [1.165, 1.54) is 22.3 Å². The SMILES string of the molecule is C=C(C[18F])C[C@H]1CN2CCc3cc(C)c(C)cc3[C@@H]2C[C@@H]1O.S.S.S. The average molecular weight is 405 g/mol. The van der Waals surface area contributed by atoms with Crippen LogP contribution in [0.3, 0.4) is 0 Å². The summed E-state index contributed by atoms with van der Waals surface area (Å²) < 4.78 is 12.7. The molecule has 25 heavy (non-hydrogen) atoms. The molecular formula is C19H32FNOS3. The number of aliphatic hydroxyl groups is 1. The van der Waals surface area contributed by atoms with Gasteiger partial charge >= 0.3 is 0 Å². The summed E-state index contributed by atoms with van der Waals surface area (Å²) in [5.41, 5.74) is 6.09. The van der Waals surface area contributed by atoms with Crippen LogP contribution in [-0.4, -0.2) is 35.9 Å². The van der Waals surface area contributed by atoms with Crippen molar-refractivity contribution < 1.29 is 9.50 Å². The van der Waals surface area contributed by atoms with E-state index in [4.69, 9.17) is 0 Å². The number of aryl methyl sites for hydroxylation is 2. The van der Waals surface area contributed by atoms with E-state index in [0.717, 1.165) is 25.9 Å². The summed E-state index contributed by atoms with van der Waals surface area (Å²) in [4.78, 5) is 2.47. The standard InChI is InChI=1S/C19H26FNO.3H2S/c1-12(10-20)6-16-11-21-5-4-15-7-13(2)14(3)8-17(15)18(21)9-19(16)22;;;/h7-8,16,18-19,22H,1,4-6,9-11H2,2-3H3;3*1H2/t16-,18-,19-;;;/m0.../s1/i20-1;;;. The molecule has 0 radical (unpaired) electrons. The van der Waals surface area contributed by atoms with Crippen LogP contribution >= 0.6 is 40.5 Å². The van der Waals surface area contributed by atoms with Gasteiger partial charge in [0.2, 0.25) is 0 Å². The van der Waals surface area contributed by atoms with Crippen molar-refractivity contribution in [3.05, 3.63) is 46.5 Å². The predicted octanol–water partition coefficient (Wildman–Crippen LogP) is 3.84. The van der Waals surface area contributed by atoms with E-state index in [0.29, 0.717) is 18.0 Å². The van der Waals surface area contributed by atoms with Gasteiger partial charge in [0.05, 0.1) is 6.10 Å².